The summed E-state index contributed by atoms with van der Waals surface area (Å²) in [5, 5.41) is 7.21. The van der Waals surface area contributed by atoms with Gasteiger partial charge in [0.15, 0.2) is 0 Å². The molecular formula is C20H23F2N3O3S. The molecule has 4 rings (SSSR count). The molecule has 0 atom stereocenters. The predicted molar refractivity (Wildman–Crippen MR) is 105 cm³/mol. The normalized spacial score (nSPS) is 16.0. The first-order chi connectivity index (χ1) is 14.0. The number of thiophene rings is 1. The SMILES string of the molecule is CCOC(=O)c1c(NC(=O)Cn2nc(C(F)F)cc2C2CC2)sc2c1CCCC2. The molecule has 0 saturated heterocycles. The molecule has 29 heavy (non-hydrogen) atoms. The number of esters is 1. The molecule has 0 unspecified atom stereocenters. The minimum atomic E-state index is -2.67. The Labute approximate surface area is 171 Å². The molecule has 0 radical (unpaired) electrons. The lowest BCUT2D eigenvalue weighted by Gasteiger charge is -2.12. The second kappa shape index (κ2) is 8.22. The summed E-state index contributed by atoms with van der Waals surface area (Å²) in [5.41, 5.74) is 1.77. The lowest BCUT2D eigenvalue weighted by Crippen LogP contribution is -2.22. The number of alkyl halides is 2. The van der Waals surface area contributed by atoms with Crippen molar-refractivity contribution in [1.82, 2.24) is 9.78 Å². The Bertz CT molecular complexity index is 934. The average Bonchev–Trinajstić information content (AvgIpc) is 3.33. The Balaban J connectivity index is 1.56. The van der Waals surface area contributed by atoms with E-state index in [9.17, 15) is 18.4 Å². The van der Waals surface area contributed by atoms with Crippen molar-refractivity contribution in [3.63, 3.8) is 0 Å². The van der Waals surface area contributed by atoms with Crippen LogP contribution in [-0.2, 0) is 28.9 Å². The van der Waals surface area contributed by atoms with Crippen molar-refractivity contribution in [1.29, 1.82) is 0 Å². The van der Waals surface area contributed by atoms with Gasteiger partial charge in [0.2, 0.25) is 5.91 Å². The number of hydrogen-bond donors (Lipinski definition) is 1. The van der Waals surface area contributed by atoms with E-state index in [0.717, 1.165) is 49.0 Å². The quantitative estimate of drug-likeness (QED) is 0.668. The molecule has 0 spiro atoms. The molecule has 2 aromatic heterocycles. The first-order valence-corrected chi connectivity index (χ1v) is 10.8. The maximum absolute atomic E-state index is 13.0. The van der Waals surface area contributed by atoms with Gasteiger partial charge in [0.1, 0.15) is 17.2 Å². The lowest BCUT2D eigenvalue weighted by molar-refractivity contribution is -0.116. The number of rotatable bonds is 7. The highest BCUT2D eigenvalue weighted by molar-refractivity contribution is 7.17. The average molecular weight is 423 g/mol. The third kappa shape index (κ3) is 4.19. The van der Waals surface area contributed by atoms with Crippen LogP contribution in [-0.4, -0.2) is 28.3 Å². The number of ether oxygens (including phenoxy) is 1. The number of aryl methyl sites for hydroxylation is 1. The molecule has 1 N–H and O–H groups in total. The van der Waals surface area contributed by atoms with E-state index >= 15 is 0 Å². The Morgan fingerprint density at radius 2 is 2.10 bits per heavy atom. The zero-order valence-electron chi connectivity index (χ0n) is 16.2. The van der Waals surface area contributed by atoms with Gasteiger partial charge in [0, 0.05) is 16.5 Å². The van der Waals surface area contributed by atoms with E-state index in [1.54, 1.807) is 6.92 Å². The fraction of sp³-hybridized carbons (Fsp3) is 0.550. The molecule has 1 amide bonds. The first-order valence-electron chi connectivity index (χ1n) is 9.95. The van der Waals surface area contributed by atoms with Crippen molar-refractivity contribution in [3.05, 3.63) is 33.5 Å². The number of fused-ring (bicyclic) bond motifs is 1. The van der Waals surface area contributed by atoms with E-state index in [1.807, 2.05) is 0 Å². The molecule has 9 heteroatoms. The molecule has 0 aliphatic heterocycles. The van der Waals surface area contributed by atoms with Crippen LogP contribution >= 0.6 is 11.3 Å². The van der Waals surface area contributed by atoms with E-state index in [0.29, 0.717) is 16.3 Å². The summed E-state index contributed by atoms with van der Waals surface area (Å²) in [6.07, 6.45) is 2.89. The summed E-state index contributed by atoms with van der Waals surface area (Å²) < 4.78 is 32.7. The van der Waals surface area contributed by atoms with Gasteiger partial charge in [-0.25, -0.2) is 13.6 Å². The zero-order valence-corrected chi connectivity index (χ0v) is 17.0. The number of aromatic nitrogens is 2. The Morgan fingerprint density at radius 3 is 2.79 bits per heavy atom. The summed E-state index contributed by atoms with van der Waals surface area (Å²) in [6, 6.07) is 1.39. The summed E-state index contributed by atoms with van der Waals surface area (Å²) in [5.74, 6) is -0.633. The molecule has 1 saturated carbocycles. The third-order valence-electron chi connectivity index (χ3n) is 5.25. The summed E-state index contributed by atoms with van der Waals surface area (Å²) in [4.78, 5) is 26.3. The highest BCUT2D eigenvalue weighted by Gasteiger charge is 2.31. The fourth-order valence-electron chi connectivity index (χ4n) is 3.77. The van der Waals surface area contributed by atoms with Gasteiger partial charge in [0.05, 0.1) is 12.2 Å². The maximum atomic E-state index is 13.0. The first kappa shape index (κ1) is 20.0. The molecule has 2 aliphatic carbocycles. The van der Waals surface area contributed by atoms with Gasteiger partial charge in [-0.15, -0.1) is 11.3 Å². The van der Waals surface area contributed by atoms with Crippen LogP contribution in [0.15, 0.2) is 6.07 Å². The largest absolute Gasteiger partial charge is 0.462 e. The van der Waals surface area contributed by atoms with Crippen LogP contribution in [0.1, 0.15) is 77.1 Å². The number of anilines is 1. The third-order valence-corrected chi connectivity index (χ3v) is 6.45. The van der Waals surface area contributed by atoms with E-state index in [2.05, 4.69) is 10.4 Å². The molecule has 2 heterocycles. The summed E-state index contributed by atoms with van der Waals surface area (Å²) >= 11 is 1.41. The molecule has 2 aliphatic rings. The van der Waals surface area contributed by atoms with Crippen LogP contribution in [0.3, 0.4) is 0 Å². The molecule has 2 aromatic rings. The smallest absolute Gasteiger partial charge is 0.341 e. The highest BCUT2D eigenvalue weighted by Crippen LogP contribution is 2.41. The van der Waals surface area contributed by atoms with E-state index in [4.69, 9.17) is 4.74 Å². The second-order valence-electron chi connectivity index (χ2n) is 7.41. The van der Waals surface area contributed by atoms with Crippen molar-refractivity contribution in [3.8, 4) is 0 Å². The van der Waals surface area contributed by atoms with Gasteiger partial charge in [-0.1, -0.05) is 0 Å². The summed E-state index contributed by atoms with van der Waals surface area (Å²) in [6.45, 7) is 1.83. The minimum Gasteiger partial charge on any atom is -0.462 e. The highest BCUT2D eigenvalue weighted by atomic mass is 32.1. The topological polar surface area (TPSA) is 73.2 Å². The van der Waals surface area contributed by atoms with Crippen molar-refractivity contribution < 1.29 is 23.1 Å². The van der Waals surface area contributed by atoms with E-state index in [-0.39, 0.29) is 30.7 Å². The Kier molecular flexibility index (Phi) is 5.67. The van der Waals surface area contributed by atoms with E-state index in [1.165, 1.54) is 22.1 Å². The molecule has 1 fully saturated rings. The fourth-order valence-corrected chi connectivity index (χ4v) is 5.06. The lowest BCUT2D eigenvalue weighted by atomic mass is 9.95. The number of nitrogens with zero attached hydrogens (tertiary/aromatic N) is 2. The Hall–Kier alpha value is -2.29. The van der Waals surface area contributed by atoms with Crippen LogP contribution in [0.5, 0.6) is 0 Å². The van der Waals surface area contributed by atoms with Gasteiger partial charge < -0.3 is 10.1 Å². The van der Waals surface area contributed by atoms with Crippen molar-refractivity contribution in [2.75, 3.05) is 11.9 Å². The van der Waals surface area contributed by atoms with Gasteiger partial charge in [-0.2, -0.15) is 5.10 Å². The predicted octanol–water partition coefficient (Wildman–Crippen LogP) is 4.45. The van der Waals surface area contributed by atoms with Crippen LogP contribution in [0.2, 0.25) is 0 Å². The molecule has 0 bridgehead atoms. The Morgan fingerprint density at radius 1 is 1.34 bits per heavy atom. The van der Waals surface area contributed by atoms with E-state index < -0.39 is 12.4 Å². The number of halogens is 2. The number of hydrogen-bond acceptors (Lipinski definition) is 5. The second-order valence-corrected chi connectivity index (χ2v) is 8.52. The molecule has 6 nitrogen and oxygen atoms in total. The number of carbonyl (C=O) groups is 2. The van der Waals surface area contributed by atoms with Crippen LogP contribution in [0, 0.1) is 0 Å². The molecule has 156 valence electrons. The number of amides is 1. The van der Waals surface area contributed by atoms with Gasteiger partial charge in [0.25, 0.3) is 6.43 Å². The van der Waals surface area contributed by atoms with Gasteiger partial charge in [-0.05, 0) is 57.1 Å². The molecular weight excluding hydrogens is 400 g/mol. The van der Waals surface area contributed by atoms with Crippen molar-refractivity contribution in [2.24, 2.45) is 0 Å². The monoisotopic (exact) mass is 423 g/mol. The zero-order chi connectivity index (χ0) is 20.5. The summed E-state index contributed by atoms with van der Waals surface area (Å²) in [7, 11) is 0. The van der Waals surface area contributed by atoms with Crippen LogP contribution in [0.25, 0.3) is 0 Å². The number of nitrogens with one attached hydrogen (secondary N) is 1. The van der Waals surface area contributed by atoms with Gasteiger partial charge >= 0.3 is 5.97 Å². The van der Waals surface area contributed by atoms with Crippen molar-refractivity contribution >= 4 is 28.2 Å². The van der Waals surface area contributed by atoms with Crippen LogP contribution < -0.4 is 5.32 Å². The van der Waals surface area contributed by atoms with Crippen molar-refractivity contribution in [2.45, 2.75) is 64.3 Å². The maximum Gasteiger partial charge on any atom is 0.341 e. The standard InChI is InChI=1S/C20H23F2N3O3S/c1-2-28-20(27)17-12-5-3-4-6-15(12)29-19(17)23-16(26)10-25-14(11-7-8-11)9-13(24-25)18(21)22/h9,11,18H,2-8,10H2,1H3,(H,23,26). The van der Waals surface area contributed by atoms with Crippen LogP contribution in [0.4, 0.5) is 13.8 Å². The molecule has 0 aromatic carbocycles. The number of carbonyl (C=O) groups excluding carboxylic acids is 2. The minimum absolute atomic E-state index is 0.163. The van der Waals surface area contributed by atoms with Gasteiger partial charge in [-0.3, -0.25) is 9.48 Å².